The summed E-state index contributed by atoms with van der Waals surface area (Å²) in [6.07, 6.45) is 5.27. The number of amides is 1. The van der Waals surface area contributed by atoms with Gasteiger partial charge in [0.05, 0.1) is 12.2 Å². The molecule has 0 unspecified atom stereocenters. The van der Waals surface area contributed by atoms with Crippen LogP contribution in [-0.2, 0) is 9.47 Å². The van der Waals surface area contributed by atoms with E-state index >= 15 is 0 Å². The number of piperidine rings is 1. The summed E-state index contributed by atoms with van der Waals surface area (Å²) in [5.41, 5.74) is -0.408. The topological polar surface area (TPSA) is 59.0 Å². The fourth-order valence-electron chi connectivity index (χ4n) is 1.99. The third kappa shape index (κ3) is 6.57. The van der Waals surface area contributed by atoms with Crippen molar-refractivity contribution in [2.24, 2.45) is 0 Å². The molecule has 5 nitrogen and oxygen atoms in total. The summed E-state index contributed by atoms with van der Waals surface area (Å²) in [6.45, 7) is 7.10. The van der Waals surface area contributed by atoms with Gasteiger partial charge in [0.25, 0.3) is 0 Å². The van der Waals surface area contributed by atoms with Crippen molar-refractivity contribution < 1.29 is 19.4 Å². The van der Waals surface area contributed by atoms with Gasteiger partial charge >= 0.3 is 6.09 Å². The molecule has 1 aliphatic heterocycles. The molecular weight excluding hydrogens is 258 g/mol. The fourth-order valence-corrected chi connectivity index (χ4v) is 1.99. The van der Waals surface area contributed by atoms with Crippen molar-refractivity contribution in [3.05, 3.63) is 0 Å². The highest BCUT2D eigenvalue weighted by Crippen LogP contribution is 2.17. The van der Waals surface area contributed by atoms with Crippen LogP contribution >= 0.6 is 0 Å². The molecule has 0 radical (unpaired) electrons. The van der Waals surface area contributed by atoms with Gasteiger partial charge in [-0.1, -0.05) is 0 Å². The molecular formula is C15H29NO4. The Hall–Kier alpha value is -0.810. The zero-order chi connectivity index (χ0) is 15.2. The summed E-state index contributed by atoms with van der Waals surface area (Å²) < 4.78 is 10.5. The number of ether oxygens (including phenoxy) is 2. The van der Waals surface area contributed by atoms with Gasteiger partial charge in [-0.05, 0) is 52.9 Å². The molecule has 0 aromatic carbocycles. The van der Waals surface area contributed by atoms with Crippen LogP contribution in [0.1, 0.15) is 52.9 Å². The van der Waals surface area contributed by atoms with Gasteiger partial charge in [-0.15, -0.1) is 0 Å². The lowest BCUT2D eigenvalue weighted by Crippen LogP contribution is -2.43. The maximum atomic E-state index is 11.7. The Morgan fingerprint density at radius 3 is 1.95 bits per heavy atom. The van der Waals surface area contributed by atoms with E-state index in [4.69, 9.17) is 14.6 Å². The van der Waals surface area contributed by atoms with Gasteiger partial charge in [0.2, 0.25) is 0 Å². The van der Waals surface area contributed by atoms with Crippen molar-refractivity contribution in [1.82, 2.24) is 4.90 Å². The molecule has 1 aliphatic carbocycles. The Labute approximate surface area is 122 Å². The number of aliphatic hydroxyl groups excluding tert-OH is 1. The second kappa shape index (κ2) is 7.84. The maximum absolute atomic E-state index is 11.7. The Balaban J connectivity index is 0.000000333. The molecule has 1 amide bonds. The monoisotopic (exact) mass is 287 g/mol. The first-order valence-electron chi connectivity index (χ1n) is 7.50. The zero-order valence-electron chi connectivity index (χ0n) is 13.2. The normalized spacial score (nSPS) is 20.8. The minimum absolute atomic E-state index is 0.0648. The van der Waals surface area contributed by atoms with Crippen LogP contribution in [0.5, 0.6) is 0 Å². The van der Waals surface area contributed by atoms with Gasteiger partial charge < -0.3 is 19.5 Å². The summed E-state index contributed by atoms with van der Waals surface area (Å²) in [5.74, 6) is 0. The first-order valence-corrected chi connectivity index (χ1v) is 7.50. The molecule has 20 heavy (non-hydrogen) atoms. The van der Waals surface area contributed by atoms with Gasteiger partial charge in [0.15, 0.2) is 0 Å². The molecule has 2 rings (SSSR count). The lowest BCUT2D eigenvalue weighted by atomic mass is 9.97. The Morgan fingerprint density at radius 2 is 1.65 bits per heavy atom. The van der Waals surface area contributed by atoms with Crippen molar-refractivity contribution in [3.63, 3.8) is 0 Å². The Kier molecular flexibility index (Phi) is 6.76. The summed E-state index contributed by atoms with van der Waals surface area (Å²) in [4.78, 5) is 13.4. The molecule has 118 valence electrons. The molecule has 0 bridgehead atoms. The predicted molar refractivity (Wildman–Crippen MR) is 77.7 cm³/mol. The van der Waals surface area contributed by atoms with E-state index in [1.165, 1.54) is 6.42 Å². The highest BCUT2D eigenvalue weighted by atomic mass is 16.6. The average Bonchev–Trinajstić information content (AvgIpc) is 2.35. The van der Waals surface area contributed by atoms with Crippen LogP contribution in [0.3, 0.4) is 0 Å². The number of carbonyl (C=O) groups is 1. The van der Waals surface area contributed by atoms with Crippen molar-refractivity contribution >= 4 is 6.09 Å². The van der Waals surface area contributed by atoms with E-state index in [2.05, 4.69) is 0 Å². The molecule has 0 aromatic rings. The molecule has 5 heteroatoms. The van der Waals surface area contributed by atoms with Gasteiger partial charge in [0, 0.05) is 20.2 Å². The van der Waals surface area contributed by atoms with E-state index in [1.54, 1.807) is 12.0 Å². The highest BCUT2D eigenvalue weighted by Gasteiger charge is 2.26. The number of likely N-dealkylation sites (tertiary alicyclic amines) is 1. The van der Waals surface area contributed by atoms with Crippen LogP contribution in [-0.4, -0.2) is 54.1 Å². The maximum Gasteiger partial charge on any atom is 0.410 e. The number of methoxy groups -OCH3 is 1. The second-order valence-electron chi connectivity index (χ2n) is 6.49. The predicted octanol–water partition coefficient (Wildman–Crippen LogP) is 2.56. The van der Waals surface area contributed by atoms with E-state index in [-0.39, 0.29) is 12.2 Å². The van der Waals surface area contributed by atoms with Crippen molar-refractivity contribution in [3.8, 4) is 0 Å². The van der Waals surface area contributed by atoms with Crippen LogP contribution in [0.15, 0.2) is 0 Å². The third-order valence-corrected chi connectivity index (χ3v) is 3.50. The summed E-state index contributed by atoms with van der Waals surface area (Å²) >= 11 is 0. The molecule has 2 fully saturated rings. The molecule has 1 saturated carbocycles. The van der Waals surface area contributed by atoms with E-state index < -0.39 is 5.60 Å². The van der Waals surface area contributed by atoms with Crippen LogP contribution in [0.4, 0.5) is 4.79 Å². The number of aliphatic hydroxyl groups is 1. The fraction of sp³-hybridized carbons (Fsp3) is 0.933. The molecule has 0 spiro atoms. The number of rotatable bonds is 1. The zero-order valence-corrected chi connectivity index (χ0v) is 13.2. The standard InChI is InChI=1S/C11H21NO3.C4H8O/c1-11(2,3)15-10(13)12-7-5-9(14-4)6-8-12;5-4-2-1-3-4/h9H,5-8H2,1-4H3;4-5H,1-3H2. The number of hydrogen-bond acceptors (Lipinski definition) is 4. The molecule has 1 heterocycles. The number of nitrogens with zero attached hydrogens (tertiary/aromatic N) is 1. The lowest BCUT2D eigenvalue weighted by Gasteiger charge is -2.32. The van der Waals surface area contributed by atoms with E-state index in [0.29, 0.717) is 6.10 Å². The number of carbonyl (C=O) groups excluding carboxylic acids is 1. The van der Waals surface area contributed by atoms with Crippen LogP contribution in [0.25, 0.3) is 0 Å². The van der Waals surface area contributed by atoms with Crippen molar-refractivity contribution in [2.45, 2.75) is 70.7 Å². The van der Waals surface area contributed by atoms with Crippen molar-refractivity contribution in [1.29, 1.82) is 0 Å². The second-order valence-corrected chi connectivity index (χ2v) is 6.49. The molecule has 0 aromatic heterocycles. The van der Waals surface area contributed by atoms with Crippen LogP contribution < -0.4 is 0 Å². The van der Waals surface area contributed by atoms with E-state index in [9.17, 15) is 4.79 Å². The average molecular weight is 287 g/mol. The highest BCUT2D eigenvalue weighted by molar-refractivity contribution is 5.68. The Bertz CT molecular complexity index is 289. The van der Waals surface area contributed by atoms with Gasteiger partial charge in [0.1, 0.15) is 5.60 Å². The largest absolute Gasteiger partial charge is 0.444 e. The molecule has 2 aliphatic rings. The van der Waals surface area contributed by atoms with Crippen LogP contribution in [0.2, 0.25) is 0 Å². The minimum atomic E-state index is -0.408. The summed E-state index contributed by atoms with van der Waals surface area (Å²) in [5, 5.41) is 8.45. The molecule has 1 saturated heterocycles. The first kappa shape index (κ1) is 17.2. The minimum Gasteiger partial charge on any atom is -0.444 e. The first-order chi connectivity index (χ1) is 9.31. The smallest absolute Gasteiger partial charge is 0.410 e. The quantitative estimate of drug-likeness (QED) is 0.805. The van der Waals surface area contributed by atoms with E-state index in [1.807, 2.05) is 20.8 Å². The van der Waals surface area contributed by atoms with E-state index in [0.717, 1.165) is 38.8 Å². The van der Waals surface area contributed by atoms with Crippen molar-refractivity contribution in [2.75, 3.05) is 20.2 Å². The molecule has 0 atom stereocenters. The van der Waals surface area contributed by atoms with Gasteiger partial charge in [-0.3, -0.25) is 0 Å². The molecule has 1 N–H and O–H groups in total. The third-order valence-electron chi connectivity index (χ3n) is 3.50. The Morgan fingerprint density at radius 1 is 1.15 bits per heavy atom. The van der Waals surface area contributed by atoms with Gasteiger partial charge in [-0.25, -0.2) is 4.79 Å². The van der Waals surface area contributed by atoms with Gasteiger partial charge in [-0.2, -0.15) is 0 Å². The summed E-state index contributed by atoms with van der Waals surface area (Å²) in [6, 6.07) is 0. The lowest BCUT2D eigenvalue weighted by molar-refractivity contribution is 0.00173. The SMILES string of the molecule is COC1CCN(C(=O)OC(C)(C)C)CC1.OC1CCC1. The number of hydrogen-bond donors (Lipinski definition) is 1. The van der Waals surface area contributed by atoms with Crippen LogP contribution in [0, 0.1) is 0 Å². The summed E-state index contributed by atoms with van der Waals surface area (Å²) in [7, 11) is 1.72.